The van der Waals surface area contributed by atoms with Crippen LogP contribution in [-0.4, -0.2) is 28.1 Å². The van der Waals surface area contributed by atoms with Gasteiger partial charge in [0.05, 0.1) is 11.6 Å². The highest BCUT2D eigenvalue weighted by molar-refractivity contribution is 5.74. The van der Waals surface area contributed by atoms with Gasteiger partial charge < -0.3 is 4.90 Å². The van der Waals surface area contributed by atoms with E-state index in [0.717, 1.165) is 37.0 Å². The molecule has 1 aromatic heterocycles. The molecule has 0 amide bonds. The van der Waals surface area contributed by atoms with Crippen molar-refractivity contribution >= 4 is 16.7 Å². The molecule has 1 unspecified atom stereocenters. The summed E-state index contributed by atoms with van der Waals surface area (Å²) in [6, 6.07) is 27.9. The number of hydrogen-bond donors (Lipinski definition) is 0. The summed E-state index contributed by atoms with van der Waals surface area (Å²) in [5, 5.41) is 8.85. The summed E-state index contributed by atoms with van der Waals surface area (Å²) in [6.07, 6.45) is 2.10. The Balaban J connectivity index is 1.46. The quantitative estimate of drug-likeness (QED) is 0.542. The molecule has 1 aliphatic rings. The number of hydrogen-bond acceptors (Lipinski definition) is 3. The maximum atomic E-state index is 4.48. The van der Waals surface area contributed by atoms with E-state index in [9.17, 15) is 0 Å². The Labute approximate surface area is 159 Å². The summed E-state index contributed by atoms with van der Waals surface area (Å²) in [6.45, 7) is 2.06. The van der Waals surface area contributed by atoms with Crippen LogP contribution >= 0.6 is 0 Å². The molecular formula is C23H22N4. The van der Waals surface area contributed by atoms with Crippen LogP contribution in [0.15, 0.2) is 78.9 Å². The maximum absolute atomic E-state index is 4.48. The molecule has 1 aliphatic heterocycles. The van der Waals surface area contributed by atoms with Crippen molar-refractivity contribution in [2.45, 2.75) is 18.9 Å². The van der Waals surface area contributed by atoms with Crippen molar-refractivity contribution in [2.75, 3.05) is 18.0 Å². The van der Waals surface area contributed by atoms with Gasteiger partial charge in [-0.2, -0.15) is 0 Å². The molecular weight excluding hydrogens is 332 g/mol. The first kappa shape index (κ1) is 16.1. The van der Waals surface area contributed by atoms with Crippen molar-refractivity contribution in [1.82, 2.24) is 15.0 Å². The lowest BCUT2D eigenvalue weighted by Gasteiger charge is -2.36. The number of aromatic nitrogens is 3. The van der Waals surface area contributed by atoms with Gasteiger partial charge in [-0.05, 0) is 36.6 Å². The molecule has 0 spiro atoms. The highest BCUT2D eigenvalue weighted by Gasteiger charge is 2.27. The van der Waals surface area contributed by atoms with E-state index < -0.39 is 0 Å². The molecule has 0 saturated carbocycles. The summed E-state index contributed by atoms with van der Waals surface area (Å²) in [4.78, 5) is 2.51. The normalized spacial score (nSPS) is 16.4. The number of para-hydroxylation sites is 2. The Hall–Kier alpha value is -3.14. The summed E-state index contributed by atoms with van der Waals surface area (Å²) in [5.74, 6) is 0. The van der Waals surface area contributed by atoms with E-state index in [1.807, 2.05) is 12.1 Å². The molecule has 0 aliphatic carbocycles. The van der Waals surface area contributed by atoms with Crippen molar-refractivity contribution in [3.63, 3.8) is 0 Å². The molecule has 2 heterocycles. The van der Waals surface area contributed by atoms with E-state index in [-0.39, 0.29) is 6.04 Å². The standard InChI is InChI=1S/C23H22N4/c1-2-8-18(9-3-1)14-16-26-17-15-22(19-10-4-6-12-21(19)26)27-23-13-7-5-11-20(23)24-25-27/h1-13,22H,14-17H2. The van der Waals surface area contributed by atoms with Crippen LogP contribution in [0.1, 0.15) is 23.6 Å². The third kappa shape index (κ3) is 2.97. The predicted molar refractivity (Wildman–Crippen MR) is 109 cm³/mol. The Morgan fingerprint density at radius 1 is 0.852 bits per heavy atom. The molecule has 3 aromatic carbocycles. The highest BCUT2D eigenvalue weighted by atomic mass is 15.4. The fraction of sp³-hybridized carbons (Fsp3) is 0.217. The molecule has 134 valence electrons. The van der Waals surface area contributed by atoms with Gasteiger partial charge in [-0.25, -0.2) is 4.68 Å². The molecule has 0 radical (unpaired) electrons. The zero-order valence-corrected chi connectivity index (χ0v) is 15.2. The van der Waals surface area contributed by atoms with Crippen molar-refractivity contribution in [3.8, 4) is 0 Å². The minimum atomic E-state index is 0.238. The Morgan fingerprint density at radius 3 is 2.56 bits per heavy atom. The molecule has 0 bridgehead atoms. The fourth-order valence-corrected chi connectivity index (χ4v) is 4.12. The molecule has 1 atom stereocenters. The summed E-state index contributed by atoms with van der Waals surface area (Å²) in [7, 11) is 0. The smallest absolute Gasteiger partial charge is 0.113 e. The topological polar surface area (TPSA) is 34.0 Å². The Morgan fingerprint density at radius 2 is 1.63 bits per heavy atom. The first-order valence-electron chi connectivity index (χ1n) is 9.58. The van der Waals surface area contributed by atoms with Crippen LogP contribution in [0, 0.1) is 0 Å². The van der Waals surface area contributed by atoms with Crippen LogP contribution in [0.5, 0.6) is 0 Å². The predicted octanol–water partition coefficient (Wildman–Crippen LogP) is 4.47. The molecule has 0 N–H and O–H groups in total. The second-order valence-corrected chi connectivity index (χ2v) is 7.11. The third-order valence-corrected chi connectivity index (χ3v) is 5.49. The summed E-state index contributed by atoms with van der Waals surface area (Å²) >= 11 is 0. The number of rotatable bonds is 4. The van der Waals surface area contributed by atoms with Crippen molar-refractivity contribution in [3.05, 3.63) is 90.0 Å². The average molecular weight is 354 g/mol. The number of nitrogens with zero attached hydrogens (tertiary/aromatic N) is 4. The van der Waals surface area contributed by atoms with Gasteiger partial charge >= 0.3 is 0 Å². The second-order valence-electron chi connectivity index (χ2n) is 7.11. The van der Waals surface area contributed by atoms with Crippen molar-refractivity contribution < 1.29 is 0 Å². The molecule has 4 heteroatoms. The highest BCUT2D eigenvalue weighted by Crippen LogP contribution is 2.37. The van der Waals surface area contributed by atoms with Gasteiger partial charge in [0.15, 0.2) is 0 Å². The zero-order valence-electron chi connectivity index (χ0n) is 15.2. The Bertz CT molecular complexity index is 1050. The van der Waals surface area contributed by atoms with Crippen LogP contribution in [0.25, 0.3) is 11.0 Å². The van der Waals surface area contributed by atoms with E-state index in [4.69, 9.17) is 0 Å². The van der Waals surface area contributed by atoms with E-state index in [2.05, 4.69) is 86.6 Å². The van der Waals surface area contributed by atoms with Gasteiger partial charge in [-0.15, -0.1) is 5.10 Å². The molecule has 4 aromatic rings. The van der Waals surface area contributed by atoms with Gasteiger partial charge in [0.25, 0.3) is 0 Å². The largest absolute Gasteiger partial charge is 0.371 e. The van der Waals surface area contributed by atoms with Crippen LogP contribution < -0.4 is 4.90 Å². The SMILES string of the molecule is c1ccc(CCN2CCC(n3nnc4ccccc43)c3ccccc32)cc1. The molecule has 0 fully saturated rings. The fourth-order valence-electron chi connectivity index (χ4n) is 4.12. The second kappa shape index (κ2) is 6.88. The molecule has 0 saturated heterocycles. The van der Waals surface area contributed by atoms with Gasteiger partial charge in [0, 0.05) is 24.3 Å². The van der Waals surface area contributed by atoms with Crippen LogP contribution in [0.3, 0.4) is 0 Å². The lowest BCUT2D eigenvalue weighted by atomic mass is 9.95. The lowest BCUT2D eigenvalue weighted by Crippen LogP contribution is -2.35. The number of anilines is 1. The zero-order chi connectivity index (χ0) is 18.1. The van der Waals surface area contributed by atoms with E-state index >= 15 is 0 Å². The first-order valence-corrected chi connectivity index (χ1v) is 9.58. The number of benzene rings is 3. The maximum Gasteiger partial charge on any atom is 0.113 e. The monoisotopic (exact) mass is 354 g/mol. The van der Waals surface area contributed by atoms with Gasteiger partial charge in [0.2, 0.25) is 0 Å². The van der Waals surface area contributed by atoms with Gasteiger partial charge in [-0.1, -0.05) is 65.9 Å². The van der Waals surface area contributed by atoms with E-state index in [1.165, 1.54) is 16.8 Å². The van der Waals surface area contributed by atoms with Crippen molar-refractivity contribution in [1.29, 1.82) is 0 Å². The van der Waals surface area contributed by atoms with Crippen LogP contribution in [0.4, 0.5) is 5.69 Å². The summed E-state index contributed by atoms with van der Waals surface area (Å²) < 4.78 is 2.10. The van der Waals surface area contributed by atoms with E-state index in [0.29, 0.717) is 0 Å². The Kier molecular flexibility index (Phi) is 4.09. The van der Waals surface area contributed by atoms with E-state index in [1.54, 1.807) is 0 Å². The van der Waals surface area contributed by atoms with Gasteiger partial charge in [0.1, 0.15) is 5.52 Å². The molecule has 4 nitrogen and oxygen atoms in total. The average Bonchev–Trinajstić information content (AvgIpc) is 3.17. The van der Waals surface area contributed by atoms with Gasteiger partial charge in [-0.3, -0.25) is 0 Å². The summed E-state index contributed by atoms with van der Waals surface area (Å²) in [5.41, 5.74) is 6.12. The first-order chi connectivity index (χ1) is 13.4. The lowest BCUT2D eigenvalue weighted by molar-refractivity contribution is 0.468. The van der Waals surface area contributed by atoms with Crippen LogP contribution in [0.2, 0.25) is 0 Å². The minimum absolute atomic E-state index is 0.238. The molecule has 27 heavy (non-hydrogen) atoms. The minimum Gasteiger partial charge on any atom is -0.371 e. The van der Waals surface area contributed by atoms with Crippen molar-refractivity contribution in [2.24, 2.45) is 0 Å². The number of fused-ring (bicyclic) bond motifs is 2. The molecule has 5 rings (SSSR count). The van der Waals surface area contributed by atoms with Crippen LogP contribution in [-0.2, 0) is 6.42 Å². The third-order valence-electron chi connectivity index (χ3n) is 5.49.